The average Bonchev–Trinajstić information content (AvgIpc) is 3.04. The minimum absolute atomic E-state index is 0.300. The van der Waals surface area contributed by atoms with Crippen LogP contribution in [0.3, 0.4) is 0 Å². The number of nitrogens with one attached hydrogen (secondary N) is 2. The molecule has 1 aliphatic heterocycles. The first kappa shape index (κ1) is 24.1. The van der Waals surface area contributed by atoms with Crippen molar-refractivity contribution in [1.29, 1.82) is 0 Å². The summed E-state index contributed by atoms with van der Waals surface area (Å²) in [5, 5.41) is 5.83. The predicted molar refractivity (Wildman–Crippen MR) is 126 cm³/mol. The zero-order chi connectivity index (χ0) is 24.0. The summed E-state index contributed by atoms with van der Waals surface area (Å²) in [5.41, 5.74) is 0.458. The topological polar surface area (TPSA) is 109 Å². The van der Waals surface area contributed by atoms with Gasteiger partial charge in [-0.15, -0.1) is 0 Å². The molecule has 1 aliphatic rings. The molecule has 1 fully saturated rings. The SMILES string of the molecule is CNC(=O)c1cnc(N2CCCN(C(=O)OC(C)(C)C)CC2)nc1Nc1ccccc1OC. The van der Waals surface area contributed by atoms with Crippen LogP contribution in [0.15, 0.2) is 30.5 Å². The highest BCUT2D eigenvalue weighted by molar-refractivity contribution is 5.99. The van der Waals surface area contributed by atoms with Crippen LogP contribution in [-0.2, 0) is 4.74 Å². The van der Waals surface area contributed by atoms with Gasteiger partial charge in [0, 0.05) is 39.4 Å². The molecule has 10 heteroatoms. The molecule has 1 saturated heterocycles. The van der Waals surface area contributed by atoms with Gasteiger partial charge in [0.05, 0.1) is 12.8 Å². The minimum Gasteiger partial charge on any atom is -0.495 e. The van der Waals surface area contributed by atoms with Gasteiger partial charge in [0.1, 0.15) is 22.7 Å². The van der Waals surface area contributed by atoms with Crippen molar-refractivity contribution in [2.45, 2.75) is 32.8 Å². The van der Waals surface area contributed by atoms with Gasteiger partial charge in [0.15, 0.2) is 0 Å². The molecule has 0 atom stereocenters. The fourth-order valence-electron chi connectivity index (χ4n) is 3.42. The molecular formula is C23H32N6O4. The zero-order valence-electron chi connectivity index (χ0n) is 19.8. The molecule has 0 spiro atoms. The second kappa shape index (κ2) is 10.4. The number of amides is 2. The molecule has 1 aromatic carbocycles. The lowest BCUT2D eigenvalue weighted by Crippen LogP contribution is -2.39. The number of anilines is 3. The van der Waals surface area contributed by atoms with Crippen molar-refractivity contribution in [3.8, 4) is 5.75 Å². The lowest BCUT2D eigenvalue weighted by Gasteiger charge is -2.26. The Kier molecular flexibility index (Phi) is 7.57. The summed E-state index contributed by atoms with van der Waals surface area (Å²) in [5.74, 6) is 1.18. The van der Waals surface area contributed by atoms with Gasteiger partial charge in [-0.25, -0.2) is 9.78 Å². The molecule has 0 radical (unpaired) electrons. The maximum atomic E-state index is 12.5. The second-order valence-electron chi connectivity index (χ2n) is 8.64. The number of rotatable bonds is 5. The summed E-state index contributed by atoms with van der Waals surface area (Å²) in [6.07, 6.45) is 1.93. The van der Waals surface area contributed by atoms with Gasteiger partial charge in [-0.1, -0.05) is 12.1 Å². The Morgan fingerprint density at radius 1 is 1.09 bits per heavy atom. The molecule has 33 heavy (non-hydrogen) atoms. The van der Waals surface area contributed by atoms with Gasteiger partial charge >= 0.3 is 6.09 Å². The summed E-state index contributed by atoms with van der Waals surface area (Å²) >= 11 is 0. The van der Waals surface area contributed by atoms with Crippen LogP contribution >= 0.6 is 0 Å². The molecule has 0 unspecified atom stereocenters. The Morgan fingerprint density at radius 2 is 1.85 bits per heavy atom. The Hall–Kier alpha value is -3.56. The van der Waals surface area contributed by atoms with Gasteiger partial charge in [-0.2, -0.15) is 4.98 Å². The fourth-order valence-corrected chi connectivity index (χ4v) is 3.42. The maximum absolute atomic E-state index is 12.5. The molecule has 178 valence electrons. The van der Waals surface area contributed by atoms with Crippen LogP contribution in [0.4, 0.5) is 22.2 Å². The van der Waals surface area contributed by atoms with Gasteiger partial charge in [0.25, 0.3) is 5.91 Å². The summed E-state index contributed by atoms with van der Waals surface area (Å²) in [7, 11) is 3.14. The van der Waals surface area contributed by atoms with E-state index >= 15 is 0 Å². The average molecular weight is 457 g/mol. The highest BCUT2D eigenvalue weighted by atomic mass is 16.6. The fraction of sp³-hybridized carbons (Fsp3) is 0.478. The van der Waals surface area contributed by atoms with E-state index in [4.69, 9.17) is 9.47 Å². The van der Waals surface area contributed by atoms with Gasteiger partial charge in [-0.05, 0) is 39.3 Å². The number of aromatic nitrogens is 2. The first-order valence-electron chi connectivity index (χ1n) is 10.9. The van der Waals surface area contributed by atoms with Crippen LogP contribution in [0, 0.1) is 0 Å². The predicted octanol–water partition coefficient (Wildman–Crippen LogP) is 3.04. The summed E-state index contributed by atoms with van der Waals surface area (Å²) in [6.45, 7) is 7.87. The molecule has 0 aliphatic carbocycles. The van der Waals surface area contributed by atoms with Crippen molar-refractivity contribution < 1.29 is 19.1 Å². The largest absolute Gasteiger partial charge is 0.495 e. The van der Waals surface area contributed by atoms with Crippen LogP contribution in [0.1, 0.15) is 37.6 Å². The van der Waals surface area contributed by atoms with Crippen molar-refractivity contribution in [2.75, 3.05) is 50.6 Å². The van der Waals surface area contributed by atoms with Crippen molar-refractivity contribution >= 4 is 29.5 Å². The molecule has 3 rings (SSSR count). The lowest BCUT2D eigenvalue weighted by atomic mass is 10.2. The first-order valence-corrected chi connectivity index (χ1v) is 10.9. The number of methoxy groups -OCH3 is 1. The minimum atomic E-state index is -0.541. The van der Waals surface area contributed by atoms with Crippen molar-refractivity contribution in [3.63, 3.8) is 0 Å². The quantitative estimate of drug-likeness (QED) is 0.707. The van der Waals surface area contributed by atoms with E-state index in [0.717, 1.165) is 6.42 Å². The number of hydrogen-bond acceptors (Lipinski definition) is 8. The number of hydrogen-bond donors (Lipinski definition) is 2. The molecule has 2 amide bonds. The van der Waals surface area contributed by atoms with Gasteiger partial charge in [0.2, 0.25) is 5.95 Å². The third kappa shape index (κ3) is 6.24. The summed E-state index contributed by atoms with van der Waals surface area (Å²) in [4.78, 5) is 37.7. The van der Waals surface area contributed by atoms with E-state index in [1.54, 1.807) is 19.1 Å². The van der Waals surface area contributed by atoms with Gasteiger partial charge < -0.3 is 29.9 Å². The Labute approximate surface area is 194 Å². The monoisotopic (exact) mass is 456 g/mol. The third-order valence-electron chi connectivity index (χ3n) is 5.04. The van der Waals surface area contributed by atoms with E-state index < -0.39 is 5.60 Å². The van der Waals surface area contributed by atoms with E-state index in [-0.39, 0.29) is 12.0 Å². The van der Waals surface area contributed by atoms with Crippen LogP contribution in [0.25, 0.3) is 0 Å². The molecule has 1 aromatic heterocycles. The Morgan fingerprint density at radius 3 is 2.55 bits per heavy atom. The van der Waals surface area contributed by atoms with Crippen LogP contribution in [0.5, 0.6) is 5.75 Å². The maximum Gasteiger partial charge on any atom is 0.410 e. The van der Waals surface area contributed by atoms with E-state index in [1.807, 2.05) is 49.9 Å². The lowest BCUT2D eigenvalue weighted by molar-refractivity contribution is 0.0263. The number of carbonyl (C=O) groups is 2. The molecule has 10 nitrogen and oxygen atoms in total. The molecule has 2 N–H and O–H groups in total. The number of benzene rings is 1. The highest BCUT2D eigenvalue weighted by Gasteiger charge is 2.26. The molecule has 2 heterocycles. The molecule has 0 bridgehead atoms. The molecule has 0 saturated carbocycles. The van der Waals surface area contributed by atoms with Gasteiger partial charge in [-0.3, -0.25) is 4.79 Å². The van der Waals surface area contributed by atoms with Crippen molar-refractivity contribution in [2.24, 2.45) is 0 Å². The smallest absolute Gasteiger partial charge is 0.410 e. The second-order valence-corrected chi connectivity index (χ2v) is 8.64. The first-order chi connectivity index (χ1) is 15.7. The number of ether oxygens (including phenoxy) is 2. The third-order valence-corrected chi connectivity index (χ3v) is 5.04. The standard InChI is InChI=1S/C23H32N6O4/c1-23(2,3)33-22(31)29-12-8-11-28(13-14-29)21-25-15-16(20(30)24-4)19(27-21)26-17-9-6-7-10-18(17)32-5/h6-7,9-10,15H,8,11-14H2,1-5H3,(H,24,30)(H,25,26,27). The van der Waals surface area contributed by atoms with Crippen LogP contribution < -0.4 is 20.3 Å². The summed E-state index contributed by atoms with van der Waals surface area (Å²) < 4.78 is 10.9. The van der Waals surface area contributed by atoms with Crippen molar-refractivity contribution in [3.05, 3.63) is 36.0 Å². The molecular weight excluding hydrogens is 424 g/mol. The Bertz CT molecular complexity index is 991. The normalized spacial score (nSPS) is 14.3. The highest BCUT2D eigenvalue weighted by Crippen LogP contribution is 2.28. The van der Waals surface area contributed by atoms with E-state index in [9.17, 15) is 9.59 Å². The summed E-state index contributed by atoms with van der Waals surface area (Å²) in [6, 6.07) is 7.40. The van der Waals surface area contributed by atoms with E-state index in [1.165, 1.54) is 6.20 Å². The number of para-hydroxylation sites is 2. The molecule has 2 aromatic rings. The number of nitrogens with zero attached hydrogens (tertiary/aromatic N) is 4. The van der Waals surface area contributed by atoms with E-state index in [2.05, 4.69) is 20.6 Å². The zero-order valence-corrected chi connectivity index (χ0v) is 19.8. The Balaban J connectivity index is 1.83. The van der Waals surface area contributed by atoms with Crippen LogP contribution in [0.2, 0.25) is 0 Å². The van der Waals surface area contributed by atoms with Crippen molar-refractivity contribution in [1.82, 2.24) is 20.2 Å². The number of carbonyl (C=O) groups excluding carboxylic acids is 2. The van der Waals surface area contributed by atoms with Crippen LogP contribution in [-0.4, -0.2) is 72.8 Å². The van der Waals surface area contributed by atoms with E-state index in [0.29, 0.717) is 54.9 Å².